The summed E-state index contributed by atoms with van der Waals surface area (Å²) in [6, 6.07) is 15.1. The quantitative estimate of drug-likeness (QED) is 0.672. The van der Waals surface area contributed by atoms with Crippen LogP contribution in [0.1, 0.15) is 12.5 Å². The SMILES string of the molecule is C[C@H]1CN(CC(=O)Nc2ccc(C#N)cc2)CCN1C[C@@H](O)COc1ccccc1F. The molecule has 1 aliphatic heterocycles. The number of carbonyl (C=O) groups is 1. The largest absolute Gasteiger partial charge is 0.488 e. The second-order valence-corrected chi connectivity index (χ2v) is 7.71. The van der Waals surface area contributed by atoms with Gasteiger partial charge in [-0.05, 0) is 43.3 Å². The molecular formula is C23H27FN4O3. The van der Waals surface area contributed by atoms with Gasteiger partial charge in [0.2, 0.25) is 5.91 Å². The molecule has 1 heterocycles. The van der Waals surface area contributed by atoms with Gasteiger partial charge in [-0.15, -0.1) is 0 Å². The summed E-state index contributed by atoms with van der Waals surface area (Å²) in [7, 11) is 0. The van der Waals surface area contributed by atoms with Gasteiger partial charge in [-0.1, -0.05) is 12.1 Å². The summed E-state index contributed by atoms with van der Waals surface area (Å²) >= 11 is 0. The molecule has 2 N–H and O–H groups in total. The third-order valence-electron chi connectivity index (χ3n) is 5.23. The molecule has 1 aliphatic rings. The van der Waals surface area contributed by atoms with Gasteiger partial charge in [0, 0.05) is 37.9 Å². The number of aliphatic hydroxyl groups is 1. The van der Waals surface area contributed by atoms with Crippen LogP contribution in [0.2, 0.25) is 0 Å². The van der Waals surface area contributed by atoms with Crippen molar-refractivity contribution < 1.29 is 19.0 Å². The van der Waals surface area contributed by atoms with Crippen molar-refractivity contribution in [3.63, 3.8) is 0 Å². The molecule has 0 radical (unpaired) electrons. The Kier molecular flexibility index (Phi) is 7.95. The predicted octanol–water partition coefficient (Wildman–Crippen LogP) is 2.08. The Morgan fingerprint density at radius 2 is 2.03 bits per heavy atom. The summed E-state index contributed by atoms with van der Waals surface area (Å²) < 4.78 is 19.0. The number of ether oxygens (including phenoxy) is 1. The lowest BCUT2D eigenvalue weighted by molar-refractivity contribution is -0.118. The molecule has 8 heteroatoms. The first-order chi connectivity index (χ1) is 14.9. The minimum atomic E-state index is -0.742. The van der Waals surface area contributed by atoms with E-state index in [1.165, 1.54) is 12.1 Å². The number of nitrogens with one attached hydrogen (secondary N) is 1. The first-order valence-corrected chi connectivity index (χ1v) is 10.3. The van der Waals surface area contributed by atoms with Crippen LogP contribution in [0, 0.1) is 17.1 Å². The molecule has 2 aromatic rings. The van der Waals surface area contributed by atoms with E-state index < -0.39 is 11.9 Å². The number of piperazine rings is 1. The summed E-state index contributed by atoms with van der Waals surface area (Å²) in [6.07, 6.45) is -0.742. The van der Waals surface area contributed by atoms with E-state index in [0.717, 1.165) is 0 Å². The molecular weight excluding hydrogens is 399 g/mol. The Bertz CT molecular complexity index is 916. The van der Waals surface area contributed by atoms with Crippen LogP contribution in [-0.4, -0.2) is 72.3 Å². The summed E-state index contributed by atoms with van der Waals surface area (Å²) in [6.45, 7) is 4.86. The number of benzene rings is 2. The fraction of sp³-hybridized carbons (Fsp3) is 0.391. The lowest BCUT2D eigenvalue weighted by Crippen LogP contribution is -2.55. The van der Waals surface area contributed by atoms with Gasteiger partial charge >= 0.3 is 0 Å². The molecule has 7 nitrogen and oxygen atoms in total. The summed E-state index contributed by atoms with van der Waals surface area (Å²) in [5.41, 5.74) is 1.21. The van der Waals surface area contributed by atoms with Crippen molar-refractivity contribution in [3.05, 3.63) is 59.9 Å². The normalized spacial score (nSPS) is 18.2. The van der Waals surface area contributed by atoms with Crippen molar-refractivity contribution in [2.24, 2.45) is 0 Å². The molecule has 2 aromatic carbocycles. The van der Waals surface area contributed by atoms with E-state index in [2.05, 4.69) is 22.0 Å². The number of nitrogens with zero attached hydrogens (tertiary/aromatic N) is 3. The van der Waals surface area contributed by atoms with Gasteiger partial charge in [-0.3, -0.25) is 14.6 Å². The second kappa shape index (κ2) is 10.9. The number of hydrogen-bond acceptors (Lipinski definition) is 6. The van der Waals surface area contributed by atoms with Crippen molar-refractivity contribution in [3.8, 4) is 11.8 Å². The maximum Gasteiger partial charge on any atom is 0.238 e. The molecule has 0 saturated carbocycles. The Balaban J connectivity index is 1.40. The fourth-order valence-corrected chi connectivity index (χ4v) is 3.59. The van der Waals surface area contributed by atoms with Crippen molar-refractivity contribution >= 4 is 11.6 Å². The van der Waals surface area contributed by atoms with E-state index >= 15 is 0 Å². The van der Waals surface area contributed by atoms with Gasteiger partial charge in [-0.2, -0.15) is 5.26 Å². The van der Waals surface area contributed by atoms with Crippen LogP contribution in [-0.2, 0) is 4.79 Å². The van der Waals surface area contributed by atoms with Gasteiger partial charge in [-0.25, -0.2) is 4.39 Å². The number of para-hydroxylation sites is 1. The standard InChI is InChI=1S/C23H27FN4O3/c1-17-13-27(15-23(30)26-19-8-6-18(12-25)7-9-19)10-11-28(17)14-20(29)16-31-22-5-3-2-4-21(22)24/h2-9,17,20,29H,10-11,13-16H2,1H3,(H,26,30)/t17-,20+/m0/s1. The molecule has 3 rings (SSSR count). The Labute approximate surface area is 181 Å². The lowest BCUT2D eigenvalue weighted by Gasteiger charge is -2.40. The number of β-amino-alcohol motifs (C(OH)–C–C–N with tert-alkyl or cyclic N) is 1. The van der Waals surface area contributed by atoms with Crippen molar-refractivity contribution in [1.29, 1.82) is 5.26 Å². The zero-order valence-corrected chi connectivity index (χ0v) is 17.5. The van der Waals surface area contributed by atoms with Gasteiger partial charge < -0.3 is 15.2 Å². The fourth-order valence-electron chi connectivity index (χ4n) is 3.59. The number of carbonyl (C=O) groups excluding carboxylic acids is 1. The van der Waals surface area contributed by atoms with Crippen molar-refractivity contribution in [2.75, 3.05) is 44.6 Å². The summed E-state index contributed by atoms with van der Waals surface area (Å²) in [5.74, 6) is -0.424. The zero-order valence-electron chi connectivity index (χ0n) is 17.5. The molecule has 31 heavy (non-hydrogen) atoms. The Hall–Kier alpha value is -2.99. The van der Waals surface area contributed by atoms with Crippen LogP contribution in [0.5, 0.6) is 5.75 Å². The van der Waals surface area contributed by atoms with Gasteiger partial charge in [0.05, 0.1) is 18.2 Å². The number of amides is 1. The molecule has 1 amide bonds. The average Bonchev–Trinajstić information content (AvgIpc) is 2.75. The first kappa shape index (κ1) is 22.7. The van der Waals surface area contributed by atoms with Crippen LogP contribution >= 0.6 is 0 Å². The number of halogens is 1. The highest BCUT2D eigenvalue weighted by molar-refractivity contribution is 5.92. The average molecular weight is 426 g/mol. The summed E-state index contributed by atoms with van der Waals surface area (Å²) in [5, 5.41) is 22.0. The molecule has 164 valence electrons. The Morgan fingerprint density at radius 3 is 2.71 bits per heavy atom. The number of nitriles is 1. The molecule has 0 unspecified atom stereocenters. The highest BCUT2D eigenvalue weighted by atomic mass is 19.1. The number of hydrogen-bond donors (Lipinski definition) is 2. The molecule has 2 atom stereocenters. The predicted molar refractivity (Wildman–Crippen MR) is 115 cm³/mol. The first-order valence-electron chi connectivity index (χ1n) is 10.3. The van der Waals surface area contributed by atoms with Crippen LogP contribution in [0.25, 0.3) is 0 Å². The van der Waals surface area contributed by atoms with E-state index in [4.69, 9.17) is 10.00 Å². The van der Waals surface area contributed by atoms with E-state index in [0.29, 0.717) is 37.4 Å². The molecule has 1 saturated heterocycles. The molecule has 0 bridgehead atoms. The van der Waals surface area contributed by atoms with Gasteiger partial charge in [0.15, 0.2) is 11.6 Å². The molecule has 0 aromatic heterocycles. The summed E-state index contributed by atoms with van der Waals surface area (Å²) in [4.78, 5) is 16.5. The number of anilines is 1. The van der Waals surface area contributed by atoms with Crippen LogP contribution < -0.4 is 10.1 Å². The van der Waals surface area contributed by atoms with Crippen LogP contribution in [0.15, 0.2) is 48.5 Å². The van der Waals surface area contributed by atoms with Crippen molar-refractivity contribution in [1.82, 2.24) is 9.80 Å². The highest BCUT2D eigenvalue weighted by Crippen LogP contribution is 2.16. The van der Waals surface area contributed by atoms with Crippen LogP contribution in [0.4, 0.5) is 10.1 Å². The second-order valence-electron chi connectivity index (χ2n) is 7.71. The number of aliphatic hydroxyl groups excluding tert-OH is 1. The van der Waals surface area contributed by atoms with E-state index in [1.807, 2.05) is 6.07 Å². The minimum Gasteiger partial charge on any atom is -0.488 e. The topological polar surface area (TPSA) is 88.8 Å². The van der Waals surface area contributed by atoms with Crippen molar-refractivity contribution in [2.45, 2.75) is 19.1 Å². The van der Waals surface area contributed by atoms with E-state index in [-0.39, 0.29) is 30.9 Å². The van der Waals surface area contributed by atoms with E-state index in [9.17, 15) is 14.3 Å². The van der Waals surface area contributed by atoms with Gasteiger partial charge in [0.25, 0.3) is 0 Å². The Morgan fingerprint density at radius 1 is 1.29 bits per heavy atom. The molecule has 0 spiro atoms. The third kappa shape index (κ3) is 6.76. The zero-order chi connectivity index (χ0) is 22.2. The molecule has 0 aliphatic carbocycles. The van der Waals surface area contributed by atoms with Crippen LogP contribution in [0.3, 0.4) is 0 Å². The monoisotopic (exact) mass is 426 g/mol. The molecule has 1 fully saturated rings. The smallest absolute Gasteiger partial charge is 0.238 e. The maximum atomic E-state index is 13.6. The highest BCUT2D eigenvalue weighted by Gasteiger charge is 2.26. The number of rotatable bonds is 8. The van der Waals surface area contributed by atoms with Gasteiger partial charge in [0.1, 0.15) is 12.7 Å². The maximum absolute atomic E-state index is 13.6. The third-order valence-corrected chi connectivity index (χ3v) is 5.23. The lowest BCUT2D eigenvalue weighted by atomic mass is 10.1. The minimum absolute atomic E-state index is 0.0147. The van der Waals surface area contributed by atoms with E-state index in [1.54, 1.807) is 36.4 Å².